The average molecular weight is 373 g/mol. The minimum atomic E-state index is -0.461. The predicted molar refractivity (Wildman–Crippen MR) is 97.6 cm³/mol. The van der Waals surface area contributed by atoms with Gasteiger partial charge in [0.1, 0.15) is 5.75 Å². The van der Waals surface area contributed by atoms with Crippen molar-refractivity contribution < 1.29 is 23.6 Å². The molecule has 0 bridgehead atoms. The highest BCUT2D eigenvalue weighted by Crippen LogP contribution is 2.30. The van der Waals surface area contributed by atoms with Crippen LogP contribution in [-0.4, -0.2) is 54.9 Å². The number of nitrogens with zero attached hydrogens (tertiary/aromatic N) is 2. The predicted octanol–water partition coefficient (Wildman–Crippen LogP) is 2.70. The van der Waals surface area contributed by atoms with E-state index in [-0.39, 0.29) is 17.6 Å². The van der Waals surface area contributed by atoms with Gasteiger partial charge in [-0.05, 0) is 31.9 Å². The first kappa shape index (κ1) is 18.8. The topological polar surface area (TPSA) is 93.9 Å². The highest BCUT2D eigenvalue weighted by atomic mass is 16.5. The quantitative estimate of drug-likeness (QED) is 0.866. The van der Waals surface area contributed by atoms with Gasteiger partial charge in [0.15, 0.2) is 11.5 Å². The molecule has 1 aromatic heterocycles. The number of alkyl carbamates (subject to hydrolysis) is 1. The van der Waals surface area contributed by atoms with Gasteiger partial charge in [0.2, 0.25) is 0 Å². The molecule has 2 aromatic rings. The Hall–Kier alpha value is -3.03. The number of benzene rings is 1. The van der Waals surface area contributed by atoms with Gasteiger partial charge in [-0.2, -0.15) is 0 Å². The van der Waals surface area contributed by atoms with Crippen molar-refractivity contribution in [3.63, 3.8) is 0 Å². The summed E-state index contributed by atoms with van der Waals surface area (Å²) in [5.41, 5.74) is 0.958. The fourth-order valence-corrected chi connectivity index (χ4v) is 3.13. The summed E-state index contributed by atoms with van der Waals surface area (Å²) in [7, 11) is 1.58. The Kier molecular flexibility index (Phi) is 5.95. The van der Waals surface area contributed by atoms with Crippen molar-refractivity contribution in [2.75, 3.05) is 26.8 Å². The summed E-state index contributed by atoms with van der Waals surface area (Å²) in [4.78, 5) is 26.1. The maximum absolute atomic E-state index is 12.8. The second-order valence-corrected chi connectivity index (χ2v) is 6.23. The maximum atomic E-state index is 12.8. The number of carbonyl (C=O) groups is 2. The van der Waals surface area contributed by atoms with Gasteiger partial charge in [0.25, 0.3) is 5.91 Å². The number of para-hydroxylation sites is 1. The van der Waals surface area contributed by atoms with Gasteiger partial charge < -0.3 is 24.2 Å². The van der Waals surface area contributed by atoms with Crippen LogP contribution in [0.1, 0.15) is 30.3 Å². The molecule has 1 aromatic carbocycles. The molecule has 2 heterocycles. The van der Waals surface area contributed by atoms with E-state index >= 15 is 0 Å². The first-order valence-electron chi connectivity index (χ1n) is 8.95. The number of rotatable bonds is 5. The van der Waals surface area contributed by atoms with Crippen LogP contribution >= 0.6 is 0 Å². The normalized spacial score (nSPS) is 16.7. The van der Waals surface area contributed by atoms with Crippen LogP contribution in [0.3, 0.4) is 0 Å². The highest BCUT2D eigenvalue weighted by molar-refractivity contribution is 5.93. The lowest BCUT2D eigenvalue weighted by Crippen LogP contribution is -2.49. The Morgan fingerprint density at radius 2 is 2.19 bits per heavy atom. The molecule has 1 fully saturated rings. The molecule has 1 saturated heterocycles. The molecule has 8 heteroatoms. The number of hydrogen-bond donors (Lipinski definition) is 1. The standard InChI is InChI=1S/C19H23N3O5/c1-3-26-19(24)20-13-7-6-10-22(12-13)18(23)15-11-17(27-21-15)14-8-4-5-9-16(14)25-2/h4-5,8-9,11,13H,3,6-7,10,12H2,1-2H3,(H,20,24)/t13-/m0/s1. The molecule has 144 valence electrons. The van der Waals surface area contributed by atoms with Crippen LogP contribution in [-0.2, 0) is 4.74 Å². The van der Waals surface area contributed by atoms with E-state index in [9.17, 15) is 9.59 Å². The summed E-state index contributed by atoms with van der Waals surface area (Å²) >= 11 is 0. The molecule has 0 unspecified atom stereocenters. The van der Waals surface area contributed by atoms with Crippen LogP contribution < -0.4 is 10.1 Å². The Balaban J connectivity index is 1.69. The highest BCUT2D eigenvalue weighted by Gasteiger charge is 2.28. The van der Waals surface area contributed by atoms with E-state index in [4.69, 9.17) is 14.0 Å². The third-order valence-corrected chi connectivity index (χ3v) is 4.41. The first-order valence-corrected chi connectivity index (χ1v) is 8.95. The third-order valence-electron chi connectivity index (χ3n) is 4.41. The molecule has 0 spiro atoms. The zero-order valence-electron chi connectivity index (χ0n) is 15.4. The summed E-state index contributed by atoms with van der Waals surface area (Å²) in [6, 6.07) is 8.85. The van der Waals surface area contributed by atoms with Crippen molar-refractivity contribution in [3.05, 3.63) is 36.0 Å². The maximum Gasteiger partial charge on any atom is 0.407 e. The second-order valence-electron chi connectivity index (χ2n) is 6.23. The van der Waals surface area contributed by atoms with Crippen LogP contribution in [0.2, 0.25) is 0 Å². The minimum absolute atomic E-state index is 0.137. The first-order chi connectivity index (χ1) is 13.1. The van der Waals surface area contributed by atoms with E-state index in [2.05, 4.69) is 10.5 Å². The smallest absolute Gasteiger partial charge is 0.407 e. The minimum Gasteiger partial charge on any atom is -0.496 e. The van der Waals surface area contributed by atoms with Crippen molar-refractivity contribution >= 4 is 12.0 Å². The number of methoxy groups -OCH3 is 1. The summed E-state index contributed by atoms with van der Waals surface area (Å²) < 4.78 is 15.6. The van der Waals surface area contributed by atoms with Crippen LogP contribution in [0.5, 0.6) is 5.75 Å². The molecular weight excluding hydrogens is 350 g/mol. The average Bonchev–Trinajstić information content (AvgIpc) is 3.17. The zero-order valence-corrected chi connectivity index (χ0v) is 15.4. The van der Waals surface area contributed by atoms with Crippen molar-refractivity contribution in [2.24, 2.45) is 0 Å². The molecule has 0 radical (unpaired) electrons. The van der Waals surface area contributed by atoms with Crippen LogP contribution in [0.4, 0.5) is 4.79 Å². The number of piperidine rings is 1. The Morgan fingerprint density at radius 1 is 1.37 bits per heavy atom. The molecule has 0 saturated carbocycles. The van der Waals surface area contributed by atoms with Crippen molar-refractivity contribution in [1.29, 1.82) is 0 Å². The van der Waals surface area contributed by atoms with Crippen LogP contribution in [0, 0.1) is 0 Å². The number of likely N-dealkylation sites (tertiary alicyclic amines) is 1. The number of aromatic nitrogens is 1. The molecule has 1 N–H and O–H groups in total. The largest absolute Gasteiger partial charge is 0.496 e. The third kappa shape index (κ3) is 4.39. The van der Waals surface area contributed by atoms with Crippen LogP contribution in [0.15, 0.2) is 34.9 Å². The fourth-order valence-electron chi connectivity index (χ4n) is 3.13. The van der Waals surface area contributed by atoms with E-state index in [0.29, 0.717) is 31.2 Å². The fraction of sp³-hybridized carbons (Fsp3) is 0.421. The summed E-state index contributed by atoms with van der Waals surface area (Å²) in [6.07, 6.45) is 1.13. The van der Waals surface area contributed by atoms with Crippen molar-refractivity contribution in [2.45, 2.75) is 25.8 Å². The molecule has 0 aliphatic carbocycles. The molecule has 1 atom stereocenters. The van der Waals surface area contributed by atoms with Gasteiger partial charge in [0.05, 0.1) is 19.3 Å². The summed E-state index contributed by atoms with van der Waals surface area (Å²) in [5, 5.41) is 6.71. The van der Waals surface area contributed by atoms with Gasteiger partial charge >= 0.3 is 6.09 Å². The lowest BCUT2D eigenvalue weighted by atomic mass is 10.1. The van der Waals surface area contributed by atoms with Gasteiger partial charge in [-0.15, -0.1) is 0 Å². The van der Waals surface area contributed by atoms with Gasteiger partial charge in [-0.25, -0.2) is 4.79 Å². The Bertz CT molecular complexity index is 804. The lowest BCUT2D eigenvalue weighted by molar-refractivity contribution is 0.0676. The molecule has 27 heavy (non-hydrogen) atoms. The Labute approximate surface area is 157 Å². The Morgan fingerprint density at radius 3 is 2.96 bits per heavy atom. The number of ether oxygens (including phenoxy) is 2. The van der Waals surface area contributed by atoms with Gasteiger partial charge in [-0.1, -0.05) is 17.3 Å². The molecule has 2 amide bonds. The van der Waals surface area contributed by atoms with Gasteiger partial charge in [-0.3, -0.25) is 4.79 Å². The summed E-state index contributed by atoms with van der Waals surface area (Å²) in [6.45, 7) is 3.08. The molecule has 8 nitrogen and oxygen atoms in total. The van der Waals surface area contributed by atoms with Crippen molar-refractivity contribution in [1.82, 2.24) is 15.4 Å². The molecule has 1 aliphatic rings. The lowest BCUT2D eigenvalue weighted by Gasteiger charge is -2.32. The number of hydrogen-bond acceptors (Lipinski definition) is 6. The SMILES string of the molecule is CCOC(=O)N[C@H]1CCCN(C(=O)c2cc(-c3ccccc3OC)on2)C1. The molecule has 3 rings (SSSR count). The zero-order chi connectivity index (χ0) is 19.2. The van der Waals surface area contributed by atoms with E-state index in [1.54, 1.807) is 25.0 Å². The summed E-state index contributed by atoms with van der Waals surface area (Å²) in [5.74, 6) is 0.883. The number of carbonyl (C=O) groups excluding carboxylic acids is 2. The van der Waals surface area contributed by atoms with E-state index in [0.717, 1.165) is 18.4 Å². The monoisotopic (exact) mass is 373 g/mol. The van der Waals surface area contributed by atoms with Crippen LogP contribution in [0.25, 0.3) is 11.3 Å². The van der Waals surface area contributed by atoms with E-state index < -0.39 is 6.09 Å². The van der Waals surface area contributed by atoms with E-state index in [1.807, 2.05) is 24.3 Å². The van der Waals surface area contributed by atoms with Crippen molar-refractivity contribution in [3.8, 4) is 17.1 Å². The molecule has 1 aliphatic heterocycles. The van der Waals surface area contributed by atoms with E-state index in [1.165, 1.54) is 0 Å². The van der Waals surface area contributed by atoms with Gasteiger partial charge in [0, 0.05) is 25.2 Å². The molecular formula is C19H23N3O5. The second kappa shape index (κ2) is 8.57. The number of nitrogens with one attached hydrogen (secondary N) is 1. The number of amides is 2.